The van der Waals surface area contributed by atoms with Gasteiger partial charge in [0.05, 0.1) is 12.1 Å². The van der Waals surface area contributed by atoms with Crippen LogP contribution in [-0.4, -0.2) is 25.5 Å². The molecule has 2 aliphatic rings. The molecular formula is C15H20N2O. The summed E-state index contributed by atoms with van der Waals surface area (Å²) < 4.78 is 0. The van der Waals surface area contributed by atoms with Crippen LogP contribution in [0.5, 0.6) is 0 Å². The molecular weight excluding hydrogens is 224 g/mol. The van der Waals surface area contributed by atoms with E-state index in [0.717, 1.165) is 19.6 Å². The molecule has 1 aromatic carbocycles. The predicted octanol–water partition coefficient (Wildman–Crippen LogP) is 1.88. The second kappa shape index (κ2) is 4.73. The quantitative estimate of drug-likeness (QED) is 0.861. The van der Waals surface area contributed by atoms with Crippen LogP contribution < -0.4 is 10.2 Å². The minimum Gasteiger partial charge on any atom is -0.317 e. The maximum Gasteiger partial charge on any atom is 0.231 e. The molecule has 1 amide bonds. The fourth-order valence-electron chi connectivity index (χ4n) is 3.15. The lowest BCUT2D eigenvalue weighted by Crippen LogP contribution is -2.37. The summed E-state index contributed by atoms with van der Waals surface area (Å²) in [7, 11) is 0. The van der Waals surface area contributed by atoms with Gasteiger partial charge in [0.1, 0.15) is 0 Å². The molecule has 3 nitrogen and oxygen atoms in total. The number of piperidine rings is 1. The van der Waals surface area contributed by atoms with Gasteiger partial charge in [-0.05, 0) is 49.9 Å². The van der Waals surface area contributed by atoms with Crippen molar-refractivity contribution in [2.45, 2.75) is 26.2 Å². The van der Waals surface area contributed by atoms with E-state index in [1.165, 1.54) is 29.7 Å². The molecule has 18 heavy (non-hydrogen) atoms. The van der Waals surface area contributed by atoms with Crippen LogP contribution in [0, 0.1) is 12.8 Å². The fourth-order valence-corrected chi connectivity index (χ4v) is 3.15. The van der Waals surface area contributed by atoms with Gasteiger partial charge in [-0.3, -0.25) is 4.79 Å². The third-order valence-electron chi connectivity index (χ3n) is 4.13. The minimum atomic E-state index is 0.276. The summed E-state index contributed by atoms with van der Waals surface area (Å²) in [6.45, 7) is 5.19. The molecule has 0 saturated carbocycles. The molecule has 0 radical (unpaired) electrons. The van der Waals surface area contributed by atoms with Crippen molar-refractivity contribution < 1.29 is 4.79 Å². The standard InChI is InChI=1S/C15H20N2O/c1-11-3-2-4-13-9-14(18)17(15(11)13)10-12-5-7-16-8-6-12/h2-4,12,16H,5-10H2,1H3. The molecule has 0 aromatic heterocycles. The van der Waals surface area contributed by atoms with Gasteiger partial charge in [0, 0.05) is 6.54 Å². The molecule has 2 aliphatic heterocycles. The van der Waals surface area contributed by atoms with E-state index in [1.54, 1.807) is 0 Å². The van der Waals surface area contributed by atoms with Gasteiger partial charge in [-0.1, -0.05) is 18.2 Å². The van der Waals surface area contributed by atoms with Crippen molar-refractivity contribution in [3.05, 3.63) is 29.3 Å². The summed E-state index contributed by atoms with van der Waals surface area (Å²) in [6, 6.07) is 6.24. The van der Waals surface area contributed by atoms with Gasteiger partial charge in [-0.25, -0.2) is 0 Å². The molecule has 0 atom stereocenters. The van der Waals surface area contributed by atoms with Crippen LogP contribution in [0.15, 0.2) is 18.2 Å². The van der Waals surface area contributed by atoms with Crippen molar-refractivity contribution in [2.75, 3.05) is 24.5 Å². The van der Waals surface area contributed by atoms with E-state index in [4.69, 9.17) is 0 Å². The Morgan fingerprint density at radius 1 is 1.33 bits per heavy atom. The Kier molecular flexibility index (Phi) is 3.08. The Hall–Kier alpha value is -1.35. The third kappa shape index (κ3) is 2.03. The van der Waals surface area contributed by atoms with Crippen LogP contribution in [0.3, 0.4) is 0 Å². The van der Waals surface area contributed by atoms with Crippen molar-refractivity contribution in [1.29, 1.82) is 0 Å². The van der Waals surface area contributed by atoms with E-state index in [-0.39, 0.29) is 5.91 Å². The number of amides is 1. The Morgan fingerprint density at radius 2 is 2.11 bits per heavy atom. The number of rotatable bonds is 2. The minimum absolute atomic E-state index is 0.276. The molecule has 1 saturated heterocycles. The Labute approximate surface area is 108 Å². The van der Waals surface area contributed by atoms with Crippen LogP contribution in [0.4, 0.5) is 5.69 Å². The molecule has 0 aliphatic carbocycles. The lowest BCUT2D eigenvalue weighted by molar-refractivity contribution is -0.117. The maximum atomic E-state index is 12.2. The topological polar surface area (TPSA) is 32.3 Å². The normalized spacial score (nSPS) is 20.3. The highest BCUT2D eigenvalue weighted by Crippen LogP contribution is 2.33. The van der Waals surface area contributed by atoms with Crippen LogP contribution >= 0.6 is 0 Å². The van der Waals surface area contributed by atoms with Gasteiger partial charge in [-0.15, -0.1) is 0 Å². The van der Waals surface area contributed by atoms with Crippen molar-refractivity contribution in [3.8, 4) is 0 Å². The van der Waals surface area contributed by atoms with Gasteiger partial charge < -0.3 is 10.2 Å². The summed E-state index contributed by atoms with van der Waals surface area (Å²) in [5.41, 5.74) is 3.61. The molecule has 1 N–H and O–H groups in total. The molecule has 0 bridgehead atoms. The number of anilines is 1. The van der Waals surface area contributed by atoms with Gasteiger partial charge >= 0.3 is 0 Å². The molecule has 1 aromatic rings. The van der Waals surface area contributed by atoms with Crippen LogP contribution in [0.25, 0.3) is 0 Å². The first-order chi connectivity index (χ1) is 8.75. The SMILES string of the molecule is Cc1cccc2c1N(CC1CCNCC1)C(=O)C2. The number of hydrogen-bond donors (Lipinski definition) is 1. The van der Waals surface area contributed by atoms with Crippen molar-refractivity contribution in [3.63, 3.8) is 0 Å². The molecule has 3 rings (SSSR count). The highest BCUT2D eigenvalue weighted by atomic mass is 16.2. The number of hydrogen-bond acceptors (Lipinski definition) is 2. The molecule has 0 spiro atoms. The number of nitrogens with zero attached hydrogens (tertiary/aromatic N) is 1. The summed E-state index contributed by atoms with van der Waals surface area (Å²) in [5.74, 6) is 0.929. The number of nitrogens with one attached hydrogen (secondary N) is 1. The third-order valence-corrected chi connectivity index (χ3v) is 4.13. The van der Waals surface area contributed by atoms with Gasteiger partial charge in [0.15, 0.2) is 0 Å². The first-order valence-electron chi connectivity index (χ1n) is 6.85. The predicted molar refractivity (Wildman–Crippen MR) is 72.8 cm³/mol. The van der Waals surface area contributed by atoms with E-state index >= 15 is 0 Å². The molecule has 3 heteroatoms. The lowest BCUT2D eigenvalue weighted by atomic mass is 9.97. The van der Waals surface area contributed by atoms with Crippen LogP contribution in [0.2, 0.25) is 0 Å². The molecule has 96 valence electrons. The van der Waals surface area contributed by atoms with E-state index in [1.807, 2.05) is 4.90 Å². The summed E-state index contributed by atoms with van der Waals surface area (Å²) >= 11 is 0. The lowest BCUT2D eigenvalue weighted by Gasteiger charge is -2.28. The highest BCUT2D eigenvalue weighted by Gasteiger charge is 2.30. The zero-order chi connectivity index (χ0) is 12.5. The summed E-state index contributed by atoms with van der Waals surface area (Å²) in [4.78, 5) is 14.2. The van der Waals surface area contributed by atoms with Crippen molar-refractivity contribution in [1.82, 2.24) is 5.32 Å². The Balaban J connectivity index is 1.82. The Bertz CT molecular complexity index is 464. The number of aryl methyl sites for hydroxylation is 1. The van der Waals surface area contributed by atoms with Crippen molar-refractivity contribution in [2.24, 2.45) is 5.92 Å². The average Bonchev–Trinajstić information content (AvgIpc) is 2.69. The number of fused-ring (bicyclic) bond motifs is 1. The van der Waals surface area contributed by atoms with E-state index < -0.39 is 0 Å². The second-order valence-electron chi connectivity index (χ2n) is 5.46. The number of benzene rings is 1. The van der Waals surface area contributed by atoms with Gasteiger partial charge in [0.2, 0.25) is 5.91 Å². The maximum absolute atomic E-state index is 12.2. The second-order valence-corrected chi connectivity index (χ2v) is 5.46. The molecule has 1 fully saturated rings. The van der Waals surface area contributed by atoms with Crippen LogP contribution in [-0.2, 0) is 11.2 Å². The number of carbonyl (C=O) groups is 1. The fraction of sp³-hybridized carbons (Fsp3) is 0.533. The molecule has 0 unspecified atom stereocenters. The van der Waals surface area contributed by atoms with E-state index in [2.05, 4.69) is 30.4 Å². The Morgan fingerprint density at radius 3 is 2.89 bits per heavy atom. The highest BCUT2D eigenvalue weighted by molar-refractivity contribution is 6.02. The summed E-state index contributed by atoms with van der Waals surface area (Å²) in [6.07, 6.45) is 2.96. The first-order valence-corrected chi connectivity index (χ1v) is 6.85. The van der Waals surface area contributed by atoms with Gasteiger partial charge in [0.25, 0.3) is 0 Å². The largest absolute Gasteiger partial charge is 0.317 e. The monoisotopic (exact) mass is 244 g/mol. The van der Waals surface area contributed by atoms with E-state index in [0.29, 0.717) is 12.3 Å². The van der Waals surface area contributed by atoms with E-state index in [9.17, 15) is 4.79 Å². The zero-order valence-corrected chi connectivity index (χ0v) is 10.9. The van der Waals surface area contributed by atoms with Crippen LogP contribution in [0.1, 0.15) is 24.0 Å². The first kappa shape index (κ1) is 11.7. The number of carbonyl (C=O) groups excluding carboxylic acids is 1. The van der Waals surface area contributed by atoms with Gasteiger partial charge in [-0.2, -0.15) is 0 Å². The molecule has 2 heterocycles. The number of para-hydroxylation sites is 1. The van der Waals surface area contributed by atoms with Crippen molar-refractivity contribution >= 4 is 11.6 Å². The average molecular weight is 244 g/mol. The summed E-state index contributed by atoms with van der Waals surface area (Å²) in [5, 5.41) is 3.38. The zero-order valence-electron chi connectivity index (χ0n) is 10.9. The smallest absolute Gasteiger partial charge is 0.231 e.